The van der Waals surface area contributed by atoms with E-state index in [1.807, 2.05) is 6.92 Å². The number of nitrogens with zero attached hydrogens (tertiary/aromatic N) is 2. The molecule has 3 rings (SSSR count). The molecule has 1 aromatic carbocycles. The molecule has 8 nitrogen and oxygen atoms in total. The lowest BCUT2D eigenvalue weighted by Gasteiger charge is -2.32. The van der Waals surface area contributed by atoms with Gasteiger partial charge in [0, 0.05) is 42.5 Å². The molecule has 2 fully saturated rings. The van der Waals surface area contributed by atoms with Crippen LogP contribution in [0, 0.1) is 10.1 Å². The Bertz CT molecular complexity index is 709. The van der Waals surface area contributed by atoms with Gasteiger partial charge in [-0.3, -0.25) is 19.7 Å². The SMILES string of the molecule is CCc1ccc(NC(=O)C(=O)NC2CCN(C3CC3)CC2)cc1[N+](=O)[O-]. The third-order valence-corrected chi connectivity index (χ3v) is 5.06. The zero-order valence-electron chi connectivity index (χ0n) is 14.9. The summed E-state index contributed by atoms with van der Waals surface area (Å²) in [4.78, 5) is 37.3. The lowest BCUT2D eigenvalue weighted by molar-refractivity contribution is -0.385. The molecular weight excluding hydrogens is 336 g/mol. The Morgan fingerprint density at radius 3 is 2.46 bits per heavy atom. The highest BCUT2D eigenvalue weighted by Crippen LogP contribution is 2.29. The van der Waals surface area contributed by atoms with E-state index >= 15 is 0 Å². The standard InChI is InChI=1S/C18H24N4O4/c1-2-12-3-4-14(11-16(12)22(25)26)20-18(24)17(23)19-13-7-9-21(10-8-13)15-5-6-15/h3-4,11,13,15H,2,5-10H2,1H3,(H,19,23)(H,20,24). The first-order valence-electron chi connectivity index (χ1n) is 9.11. The predicted molar refractivity (Wildman–Crippen MR) is 96.9 cm³/mol. The highest BCUT2D eigenvalue weighted by molar-refractivity contribution is 6.39. The third-order valence-electron chi connectivity index (χ3n) is 5.06. The molecule has 140 valence electrons. The molecule has 1 aliphatic carbocycles. The molecular formula is C18H24N4O4. The first-order valence-corrected chi connectivity index (χ1v) is 9.11. The smallest absolute Gasteiger partial charge is 0.313 e. The van der Waals surface area contributed by atoms with Gasteiger partial charge in [0.15, 0.2) is 0 Å². The zero-order valence-corrected chi connectivity index (χ0v) is 14.9. The number of anilines is 1. The van der Waals surface area contributed by atoms with Crippen LogP contribution in [0.3, 0.4) is 0 Å². The summed E-state index contributed by atoms with van der Waals surface area (Å²) < 4.78 is 0. The highest BCUT2D eigenvalue weighted by atomic mass is 16.6. The minimum Gasteiger partial charge on any atom is -0.345 e. The Hall–Kier alpha value is -2.48. The van der Waals surface area contributed by atoms with Gasteiger partial charge < -0.3 is 15.5 Å². The maximum Gasteiger partial charge on any atom is 0.313 e. The molecule has 26 heavy (non-hydrogen) atoms. The van der Waals surface area contributed by atoms with Crippen molar-refractivity contribution in [2.45, 2.75) is 51.1 Å². The van der Waals surface area contributed by atoms with Crippen LogP contribution in [-0.4, -0.2) is 46.8 Å². The number of carbonyl (C=O) groups is 2. The number of nitro benzene ring substituents is 1. The van der Waals surface area contributed by atoms with Crippen LogP contribution in [0.25, 0.3) is 0 Å². The number of nitrogens with one attached hydrogen (secondary N) is 2. The van der Waals surface area contributed by atoms with Crippen LogP contribution in [-0.2, 0) is 16.0 Å². The van der Waals surface area contributed by atoms with E-state index in [0.29, 0.717) is 12.0 Å². The fourth-order valence-corrected chi connectivity index (χ4v) is 3.40. The number of likely N-dealkylation sites (tertiary alicyclic amines) is 1. The predicted octanol–water partition coefficient (Wildman–Crippen LogP) is 1.84. The monoisotopic (exact) mass is 360 g/mol. The summed E-state index contributed by atoms with van der Waals surface area (Å²) >= 11 is 0. The second-order valence-electron chi connectivity index (χ2n) is 6.92. The number of amides is 2. The summed E-state index contributed by atoms with van der Waals surface area (Å²) in [5.74, 6) is -1.50. The van der Waals surface area contributed by atoms with Crippen molar-refractivity contribution in [3.05, 3.63) is 33.9 Å². The Morgan fingerprint density at radius 1 is 1.19 bits per heavy atom. The molecule has 0 unspecified atom stereocenters. The quantitative estimate of drug-likeness (QED) is 0.474. The van der Waals surface area contributed by atoms with Gasteiger partial charge in [-0.05, 0) is 38.2 Å². The number of aryl methyl sites for hydroxylation is 1. The molecule has 2 amide bonds. The number of hydrogen-bond acceptors (Lipinski definition) is 5. The van der Waals surface area contributed by atoms with Crippen LogP contribution in [0.5, 0.6) is 0 Å². The molecule has 1 saturated carbocycles. The second kappa shape index (κ2) is 7.82. The van der Waals surface area contributed by atoms with E-state index in [2.05, 4.69) is 15.5 Å². The topological polar surface area (TPSA) is 105 Å². The largest absolute Gasteiger partial charge is 0.345 e. The van der Waals surface area contributed by atoms with Crippen molar-refractivity contribution in [2.75, 3.05) is 18.4 Å². The number of carbonyl (C=O) groups excluding carboxylic acids is 2. The highest BCUT2D eigenvalue weighted by Gasteiger charge is 2.32. The Kier molecular flexibility index (Phi) is 5.51. The maximum atomic E-state index is 12.1. The van der Waals surface area contributed by atoms with Crippen LogP contribution in [0.15, 0.2) is 18.2 Å². The minimum absolute atomic E-state index is 0.0000495. The molecule has 2 aliphatic rings. The molecule has 0 atom stereocenters. The van der Waals surface area contributed by atoms with E-state index < -0.39 is 16.7 Å². The van der Waals surface area contributed by atoms with Gasteiger partial charge in [0.25, 0.3) is 5.69 Å². The van der Waals surface area contributed by atoms with Gasteiger partial charge in [-0.15, -0.1) is 0 Å². The van der Waals surface area contributed by atoms with Crippen LogP contribution in [0.2, 0.25) is 0 Å². The molecule has 8 heteroatoms. The Balaban J connectivity index is 1.53. The van der Waals surface area contributed by atoms with Crippen molar-refractivity contribution < 1.29 is 14.5 Å². The first kappa shape index (κ1) is 18.3. The van der Waals surface area contributed by atoms with Gasteiger partial charge in [0.05, 0.1) is 4.92 Å². The van der Waals surface area contributed by atoms with E-state index in [4.69, 9.17) is 0 Å². The van der Waals surface area contributed by atoms with E-state index in [9.17, 15) is 19.7 Å². The molecule has 1 aromatic rings. The van der Waals surface area contributed by atoms with Crippen molar-refractivity contribution in [3.63, 3.8) is 0 Å². The summed E-state index contributed by atoms with van der Waals surface area (Å²) in [6.45, 7) is 3.71. The third kappa shape index (κ3) is 4.37. The maximum absolute atomic E-state index is 12.1. The lowest BCUT2D eigenvalue weighted by Crippen LogP contribution is -2.48. The molecule has 1 aliphatic heterocycles. The number of hydrogen-bond donors (Lipinski definition) is 2. The minimum atomic E-state index is -0.798. The van der Waals surface area contributed by atoms with Crippen molar-refractivity contribution >= 4 is 23.2 Å². The van der Waals surface area contributed by atoms with Gasteiger partial charge in [0.1, 0.15) is 0 Å². The van der Waals surface area contributed by atoms with Crippen molar-refractivity contribution in [1.29, 1.82) is 0 Å². The number of rotatable bonds is 5. The average molecular weight is 360 g/mol. The van der Waals surface area contributed by atoms with E-state index in [1.165, 1.54) is 18.9 Å². The Labute approximate surface area is 152 Å². The molecule has 1 heterocycles. The van der Waals surface area contributed by atoms with Crippen LogP contribution in [0.1, 0.15) is 38.2 Å². The molecule has 0 bridgehead atoms. The normalized spacial score (nSPS) is 18.3. The summed E-state index contributed by atoms with van der Waals surface area (Å²) in [6.07, 6.45) is 4.73. The summed E-state index contributed by atoms with van der Waals surface area (Å²) in [6, 6.07) is 5.18. The lowest BCUT2D eigenvalue weighted by atomic mass is 10.0. The number of benzene rings is 1. The average Bonchev–Trinajstić information content (AvgIpc) is 3.47. The van der Waals surface area contributed by atoms with Gasteiger partial charge in [-0.2, -0.15) is 0 Å². The molecule has 0 spiro atoms. The first-order chi connectivity index (χ1) is 12.5. The fourth-order valence-electron chi connectivity index (χ4n) is 3.40. The van der Waals surface area contributed by atoms with E-state index in [0.717, 1.165) is 32.0 Å². The zero-order chi connectivity index (χ0) is 18.7. The van der Waals surface area contributed by atoms with E-state index in [1.54, 1.807) is 12.1 Å². The van der Waals surface area contributed by atoms with Crippen molar-refractivity contribution in [1.82, 2.24) is 10.2 Å². The summed E-state index contributed by atoms with van der Waals surface area (Å²) in [5.41, 5.74) is 0.774. The molecule has 1 saturated heterocycles. The van der Waals surface area contributed by atoms with Crippen LogP contribution in [0.4, 0.5) is 11.4 Å². The summed E-state index contributed by atoms with van der Waals surface area (Å²) in [5, 5.41) is 16.3. The molecule has 2 N–H and O–H groups in total. The van der Waals surface area contributed by atoms with Crippen molar-refractivity contribution in [3.8, 4) is 0 Å². The fraction of sp³-hybridized carbons (Fsp3) is 0.556. The number of piperidine rings is 1. The Morgan fingerprint density at radius 2 is 1.88 bits per heavy atom. The van der Waals surface area contributed by atoms with Crippen molar-refractivity contribution in [2.24, 2.45) is 0 Å². The van der Waals surface area contributed by atoms with Gasteiger partial charge >= 0.3 is 11.8 Å². The van der Waals surface area contributed by atoms with Gasteiger partial charge in [-0.1, -0.05) is 13.0 Å². The molecule has 0 radical (unpaired) electrons. The molecule has 0 aromatic heterocycles. The second-order valence-corrected chi connectivity index (χ2v) is 6.92. The van der Waals surface area contributed by atoms with E-state index in [-0.39, 0.29) is 17.4 Å². The summed E-state index contributed by atoms with van der Waals surface area (Å²) in [7, 11) is 0. The number of nitro groups is 1. The van der Waals surface area contributed by atoms with Crippen LogP contribution >= 0.6 is 0 Å². The van der Waals surface area contributed by atoms with Gasteiger partial charge in [0.2, 0.25) is 0 Å². The van der Waals surface area contributed by atoms with Gasteiger partial charge in [-0.25, -0.2) is 0 Å². The van der Waals surface area contributed by atoms with Crippen LogP contribution < -0.4 is 10.6 Å².